The van der Waals surface area contributed by atoms with E-state index < -0.39 is 0 Å². The molecule has 0 atom stereocenters. The number of carbonyl (C=O) groups excluding carboxylic acids is 1. The van der Waals surface area contributed by atoms with Gasteiger partial charge >= 0.3 is 6.01 Å². The minimum absolute atomic E-state index is 0.0815. The molecule has 2 N–H and O–H groups in total. The number of hydrazine groups is 1. The summed E-state index contributed by atoms with van der Waals surface area (Å²) in [7, 11) is 0. The summed E-state index contributed by atoms with van der Waals surface area (Å²) in [4.78, 5) is 24.7. The molecule has 140 valence electrons. The third-order valence-corrected chi connectivity index (χ3v) is 4.81. The third-order valence-electron chi connectivity index (χ3n) is 3.64. The van der Waals surface area contributed by atoms with Crippen molar-refractivity contribution in [3.05, 3.63) is 64.9 Å². The van der Waals surface area contributed by atoms with Gasteiger partial charge in [0.1, 0.15) is 5.01 Å². The van der Waals surface area contributed by atoms with Crippen LogP contribution in [0.2, 0.25) is 5.02 Å². The van der Waals surface area contributed by atoms with Crippen molar-refractivity contribution in [3.63, 3.8) is 0 Å². The fourth-order valence-corrected chi connectivity index (χ4v) is 3.37. The summed E-state index contributed by atoms with van der Waals surface area (Å²) in [6, 6.07) is 11.0. The molecule has 3 aromatic heterocycles. The van der Waals surface area contributed by atoms with Crippen molar-refractivity contribution >= 4 is 34.9 Å². The van der Waals surface area contributed by atoms with E-state index in [0.29, 0.717) is 16.5 Å². The van der Waals surface area contributed by atoms with Crippen LogP contribution in [0, 0.1) is 0 Å². The summed E-state index contributed by atoms with van der Waals surface area (Å²) in [6.45, 7) is 0. The SMILES string of the molecule is O=C(Cc1csc(-c2cccc(Cl)c2)n1)NNc1nc(-c2ccncc2)no1. The lowest BCUT2D eigenvalue weighted by Gasteiger charge is -2.02. The second-order valence-corrected chi connectivity index (χ2v) is 6.96. The lowest BCUT2D eigenvalue weighted by Crippen LogP contribution is -2.30. The number of aromatic nitrogens is 4. The van der Waals surface area contributed by atoms with Gasteiger partial charge in [-0.25, -0.2) is 10.4 Å². The average molecular weight is 413 g/mol. The van der Waals surface area contributed by atoms with Crippen LogP contribution in [-0.4, -0.2) is 26.0 Å². The molecule has 28 heavy (non-hydrogen) atoms. The van der Waals surface area contributed by atoms with Gasteiger partial charge in [-0.1, -0.05) is 28.9 Å². The van der Waals surface area contributed by atoms with E-state index in [-0.39, 0.29) is 18.3 Å². The molecule has 0 aliphatic heterocycles. The summed E-state index contributed by atoms with van der Waals surface area (Å²) in [5, 5.41) is 7.12. The van der Waals surface area contributed by atoms with E-state index in [9.17, 15) is 4.79 Å². The molecule has 0 bridgehead atoms. The molecule has 4 rings (SSSR count). The van der Waals surface area contributed by atoms with E-state index >= 15 is 0 Å². The van der Waals surface area contributed by atoms with Crippen LogP contribution in [0.1, 0.15) is 5.69 Å². The molecular weight excluding hydrogens is 400 g/mol. The zero-order chi connectivity index (χ0) is 19.3. The summed E-state index contributed by atoms with van der Waals surface area (Å²) in [5.74, 6) is 0.108. The van der Waals surface area contributed by atoms with Gasteiger partial charge in [0.2, 0.25) is 11.7 Å². The quantitative estimate of drug-likeness (QED) is 0.466. The molecule has 1 aromatic carbocycles. The number of benzene rings is 1. The molecule has 4 aromatic rings. The number of thiazole rings is 1. The topological polar surface area (TPSA) is 106 Å². The summed E-state index contributed by atoms with van der Waals surface area (Å²) in [6.07, 6.45) is 3.37. The molecule has 0 unspecified atom stereocenters. The lowest BCUT2D eigenvalue weighted by atomic mass is 10.2. The van der Waals surface area contributed by atoms with Gasteiger partial charge in [0, 0.05) is 33.9 Å². The molecule has 10 heteroatoms. The molecule has 0 spiro atoms. The number of halogens is 1. The Kier molecular flexibility index (Phi) is 5.27. The maximum absolute atomic E-state index is 12.1. The predicted octanol–water partition coefficient (Wildman–Crippen LogP) is 3.59. The van der Waals surface area contributed by atoms with Gasteiger partial charge in [-0.2, -0.15) is 4.98 Å². The minimum Gasteiger partial charge on any atom is -0.313 e. The van der Waals surface area contributed by atoms with E-state index in [1.54, 1.807) is 30.6 Å². The smallest absolute Gasteiger partial charge is 0.313 e. The van der Waals surface area contributed by atoms with Gasteiger partial charge in [-0.05, 0) is 24.3 Å². The van der Waals surface area contributed by atoms with Gasteiger partial charge in [-0.3, -0.25) is 15.2 Å². The first-order valence-corrected chi connectivity index (χ1v) is 9.42. The Hall–Kier alpha value is -3.30. The number of hydrogen-bond acceptors (Lipinski definition) is 8. The fraction of sp³-hybridized carbons (Fsp3) is 0.0556. The second kappa shape index (κ2) is 8.15. The number of nitrogens with zero attached hydrogens (tertiary/aromatic N) is 4. The molecule has 0 radical (unpaired) electrons. The largest absolute Gasteiger partial charge is 0.340 e. The predicted molar refractivity (Wildman–Crippen MR) is 106 cm³/mol. The molecule has 0 saturated carbocycles. The highest BCUT2D eigenvalue weighted by Crippen LogP contribution is 2.26. The van der Waals surface area contributed by atoms with Gasteiger partial charge < -0.3 is 4.52 Å². The normalized spacial score (nSPS) is 10.6. The zero-order valence-electron chi connectivity index (χ0n) is 14.3. The number of hydrogen-bond donors (Lipinski definition) is 2. The van der Waals surface area contributed by atoms with Crippen LogP contribution in [0.25, 0.3) is 22.0 Å². The Bertz CT molecular complexity index is 1100. The van der Waals surface area contributed by atoms with Crippen LogP contribution in [0.4, 0.5) is 6.01 Å². The van der Waals surface area contributed by atoms with E-state index in [2.05, 4.69) is 31.0 Å². The van der Waals surface area contributed by atoms with Crippen LogP contribution in [-0.2, 0) is 11.2 Å². The van der Waals surface area contributed by atoms with Crippen molar-refractivity contribution in [1.29, 1.82) is 0 Å². The molecule has 0 aliphatic carbocycles. The summed E-state index contributed by atoms with van der Waals surface area (Å²) in [5.41, 5.74) is 7.45. The average Bonchev–Trinajstić information content (AvgIpc) is 3.37. The van der Waals surface area contributed by atoms with Gasteiger partial charge in [0.05, 0.1) is 12.1 Å². The van der Waals surface area contributed by atoms with Crippen molar-refractivity contribution in [2.75, 3.05) is 5.43 Å². The fourth-order valence-electron chi connectivity index (χ4n) is 2.37. The number of rotatable bonds is 6. The summed E-state index contributed by atoms with van der Waals surface area (Å²) < 4.78 is 5.06. The first kappa shape index (κ1) is 18.1. The first-order valence-electron chi connectivity index (χ1n) is 8.17. The van der Waals surface area contributed by atoms with Gasteiger partial charge in [0.15, 0.2) is 0 Å². The second-order valence-electron chi connectivity index (χ2n) is 5.66. The Labute approximate surface area is 168 Å². The van der Waals surface area contributed by atoms with Gasteiger partial charge in [-0.15, -0.1) is 11.3 Å². The number of anilines is 1. The Morgan fingerprint density at radius 3 is 2.82 bits per heavy atom. The number of pyridine rings is 1. The molecule has 0 saturated heterocycles. The highest BCUT2D eigenvalue weighted by Gasteiger charge is 2.12. The Morgan fingerprint density at radius 1 is 1.14 bits per heavy atom. The Balaban J connectivity index is 1.34. The van der Waals surface area contributed by atoms with Crippen LogP contribution < -0.4 is 10.9 Å². The summed E-state index contributed by atoms with van der Waals surface area (Å²) >= 11 is 7.46. The highest BCUT2D eigenvalue weighted by atomic mass is 35.5. The lowest BCUT2D eigenvalue weighted by molar-refractivity contribution is -0.120. The molecule has 8 nitrogen and oxygen atoms in total. The first-order chi connectivity index (χ1) is 13.7. The van der Waals surface area contributed by atoms with Crippen LogP contribution in [0.15, 0.2) is 58.7 Å². The molecular formula is C18H13ClN6O2S. The number of carbonyl (C=O) groups is 1. The van der Waals surface area contributed by atoms with Crippen LogP contribution >= 0.6 is 22.9 Å². The van der Waals surface area contributed by atoms with E-state index in [0.717, 1.165) is 16.1 Å². The van der Waals surface area contributed by atoms with Gasteiger partial charge in [0.25, 0.3) is 0 Å². The standard InChI is InChI=1S/C18H13ClN6O2S/c19-13-3-1-2-12(8-13)17-21-14(10-28-17)9-15(26)23-24-18-22-16(25-27-18)11-4-6-20-7-5-11/h1-8,10H,9H2,(H,23,26)(H,22,24,25). The maximum atomic E-state index is 12.1. The van der Waals surface area contributed by atoms with E-state index in [4.69, 9.17) is 16.1 Å². The van der Waals surface area contributed by atoms with Crippen molar-refractivity contribution in [3.8, 4) is 22.0 Å². The Morgan fingerprint density at radius 2 is 2.00 bits per heavy atom. The number of amides is 1. The molecule has 1 amide bonds. The van der Waals surface area contributed by atoms with Crippen molar-refractivity contribution in [1.82, 2.24) is 25.5 Å². The van der Waals surface area contributed by atoms with Crippen molar-refractivity contribution in [2.45, 2.75) is 6.42 Å². The molecule has 0 aliphatic rings. The monoisotopic (exact) mass is 412 g/mol. The highest BCUT2D eigenvalue weighted by molar-refractivity contribution is 7.13. The van der Waals surface area contributed by atoms with Crippen LogP contribution in [0.5, 0.6) is 0 Å². The molecule has 3 heterocycles. The van der Waals surface area contributed by atoms with E-state index in [1.807, 2.05) is 23.6 Å². The maximum Gasteiger partial charge on any atom is 0.340 e. The van der Waals surface area contributed by atoms with Crippen molar-refractivity contribution in [2.24, 2.45) is 0 Å². The third kappa shape index (κ3) is 4.33. The van der Waals surface area contributed by atoms with Crippen molar-refractivity contribution < 1.29 is 9.32 Å². The van der Waals surface area contributed by atoms with E-state index in [1.165, 1.54) is 11.3 Å². The zero-order valence-corrected chi connectivity index (χ0v) is 15.9. The number of nitrogens with one attached hydrogen (secondary N) is 2. The minimum atomic E-state index is -0.286. The molecule has 0 fully saturated rings. The van der Waals surface area contributed by atoms with Crippen LogP contribution in [0.3, 0.4) is 0 Å².